The van der Waals surface area contributed by atoms with Crippen LogP contribution in [0.3, 0.4) is 0 Å². The summed E-state index contributed by atoms with van der Waals surface area (Å²) in [6, 6.07) is 9.62. The van der Waals surface area contributed by atoms with Gasteiger partial charge in [0.05, 0.1) is 0 Å². The summed E-state index contributed by atoms with van der Waals surface area (Å²) in [6.07, 6.45) is 5.39. The van der Waals surface area contributed by atoms with Crippen molar-refractivity contribution in [2.24, 2.45) is 5.92 Å². The summed E-state index contributed by atoms with van der Waals surface area (Å²) in [7, 11) is 0. The Morgan fingerprint density at radius 2 is 1.81 bits per heavy atom. The molecule has 3 heteroatoms. The molecule has 21 heavy (non-hydrogen) atoms. The minimum absolute atomic E-state index is 0.753. The number of halogens is 1. The molecule has 3 rings (SSSR count). The van der Waals surface area contributed by atoms with Gasteiger partial charge in [-0.2, -0.15) is 0 Å². The van der Waals surface area contributed by atoms with Crippen molar-refractivity contribution >= 4 is 15.9 Å². The number of hydrogen-bond acceptors (Lipinski definition) is 2. The third kappa shape index (κ3) is 4.08. The van der Waals surface area contributed by atoms with Gasteiger partial charge < -0.3 is 10.2 Å². The van der Waals surface area contributed by atoms with Crippen LogP contribution in [0.15, 0.2) is 28.7 Å². The Bertz CT molecular complexity index is 431. The van der Waals surface area contributed by atoms with E-state index >= 15 is 0 Å². The summed E-state index contributed by atoms with van der Waals surface area (Å²) in [4.78, 5) is 2.57. The van der Waals surface area contributed by atoms with Crippen molar-refractivity contribution in [1.82, 2.24) is 10.2 Å². The first-order valence-corrected chi connectivity index (χ1v) is 9.25. The Labute approximate surface area is 137 Å². The Morgan fingerprint density at radius 1 is 1.14 bits per heavy atom. The second-order valence-corrected chi connectivity index (χ2v) is 7.62. The van der Waals surface area contributed by atoms with Gasteiger partial charge in [0.1, 0.15) is 0 Å². The zero-order valence-corrected chi connectivity index (χ0v) is 14.6. The summed E-state index contributed by atoms with van der Waals surface area (Å²) in [5, 5.41) is 3.80. The first kappa shape index (κ1) is 15.5. The fourth-order valence-corrected chi connectivity index (χ4v) is 3.90. The van der Waals surface area contributed by atoms with Crippen LogP contribution in [0.4, 0.5) is 0 Å². The van der Waals surface area contributed by atoms with Crippen molar-refractivity contribution in [3.8, 4) is 0 Å². The molecule has 0 unspecified atom stereocenters. The van der Waals surface area contributed by atoms with E-state index in [1.807, 2.05) is 0 Å². The van der Waals surface area contributed by atoms with E-state index < -0.39 is 0 Å². The minimum Gasteiger partial charge on any atom is -0.314 e. The van der Waals surface area contributed by atoms with Crippen LogP contribution in [0.25, 0.3) is 0 Å². The zero-order valence-electron chi connectivity index (χ0n) is 13.0. The molecule has 0 bridgehead atoms. The second kappa shape index (κ2) is 7.26. The van der Waals surface area contributed by atoms with Gasteiger partial charge in [0, 0.05) is 10.5 Å². The largest absolute Gasteiger partial charge is 0.314 e. The molecule has 1 aromatic carbocycles. The summed E-state index contributed by atoms with van der Waals surface area (Å²) >= 11 is 3.51. The van der Waals surface area contributed by atoms with Gasteiger partial charge in [-0.3, -0.25) is 0 Å². The van der Waals surface area contributed by atoms with Gasteiger partial charge >= 0.3 is 0 Å². The third-order valence-corrected chi connectivity index (χ3v) is 5.86. The van der Waals surface area contributed by atoms with E-state index in [0.717, 1.165) is 17.9 Å². The Morgan fingerprint density at radius 3 is 2.43 bits per heavy atom. The number of likely N-dealkylation sites (tertiary alicyclic amines) is 1. The highest BCUT2D eigenvalue weighted by atomic mass is 79.9. The van der Waals surface area contributed by atoms with Crippen LogP contribution in [0.1, 0.15) is 44.1 Å². The van der Waals surface area contributed by atoms with E-state index in [9.17, 15) is 0 Å². The summed E-state index contributed by atoms with van der Waals surface area (Å²) in [5.74, 6) is 1.68. The lowest BCUT2D eigenvalue weighted by atomic mass is 9.75. The summed E-state index contributed by atoms with van der Waals surface area (Å²) in [5.41, 5.74) is 1.51. The second-order valence-electron chi connectivity index (χ2n) is 6.70. The van der Waals surface area contributed by atoms with E-state index in [1.54, 1.807) is 0 Å². The molecular weight excluding hydrogens is 324 g/mol. The molecular formula is C18H27BrN2. The van der Waals surface area contributed by atoms with Gasteiger partial charge in [-0.05, 0) is 81.4 Å². The molecule has 1 aromatic rings. The molecule has 1 N–H and O–H groups in total. The van der Waals surface area contributed by atoms with E-state index in [0.29, 0.717) is 0 Å². The van der Waals surface area contributed by atoms with Crippen molar-refractivity contribution in [3.05, 3.63) is 34.3 Å². The fourth-order valence-electron chi connectivity index (χ4n) is 3.63. The third-order valence-electron chi connectivity index (χ3n) is 5.33. The lowest BCUT2D eigenvalue weighted by Crippen LogP contribution is -2.44. The fraction of sp³-hybridized carbons (Fsp3) is 0.667. The van der Waals surface area contributed by atoms with Crippen LogP contribution in [-0.4, -0.2) is 37.1 Å². The van der Waals surface area contributed by atoms with E-state index in [1.165, 1.54) is 61.9 Å². The molecule has 1 saturated carbocycles. The van der Waals surface area contributed by atoms with Crippen LogP contribution in [0.2, 0.25) is 0 Å². The molecule has 2 fully saturated rings. The van der Waals surface area contributed by atoms with Gasteiger partial charge in [-0.15, -0.1) is 0 Å². The van der Waals surface area contributed by atoms with E-state index in [2.05, 4.69) is 57.3 Å². The number of piperidine rings is 1. The molecule has 1 aliphatic heterocycles. The van der Waals surface area contributed by atoms with Crippen molar-refractivity contribution in [2.45, 2.75) is 44.6 Å². The van der Waals surface area contributed by atoms with Gasteiger partial charge in [0.15, 0.2) is 0 Å². The van der Waals surface area contributed by atoms with Gasteiger partial charge in [-0.1, -0.05) is 35.0 Å². The van der Waals surface area contributed by atoms with Crippen molar-refractivity contribution < 1.29 is 0 Å². The highest BCUT2D eigenvalue weighted by Gasteiger charge is 2.30. The maximum Gasteiger partial charge on any atom is 0.0175 e. The predicted octanol–water partition coefficient (Wildman–Crippen LogP) is 4.02. The number of benzene rings is 1. The van der Waals surface area contributed by atoms with Crippen LogP contribution < -0.4 is 5.32 Å². The summed E-state index contributed by atoms with van der Waals surface area (Å²) in [6.45, 7) is 7.33. The maximum absolute atomic E-state index is 3.80. The molecule has 0 atom stereocenters. The topological polar surface area (TPSA) is 15.3 Å². The smallest absolute Gasteiger partial charge is 0.0175 e. The maximum atomic E-state index is 3.80. The number of nitrogens with zero attached hydrogens (tertiary/aromatic N) is 1. The van der Waals surface area contributed by atoms with E-state index in [-0.39, 0.29) is 0 Å². The Hall–Kier alpha value is -0.380. The van der Waals surface area contributed by atoms with Gasteiger partial charge in [-0.25, -0.2) is 0 Å². The number of rotatable bonds is 5. The lowest BCUT2D eigenvalue weighted by Gasteiger charge is -2.38. The molecule has 116 valence electrons. The molecule has 2 aliphatic rings. The molecule has 1 aliphatic carbocycles. The van der Waals surface area contributed by atoms with Crippen LogP contribution in [0.5, 0.6) is 0 Å². The Kier molecular flexibility index (Phi) is 5.36. The first-order valence-electron chi connectivity index (χ1n) is 8.45. The quantitative estimate of drug-likeness (QED) is 0.862. The summed E-state index contributed by atoms with van der Waals surface area (Å²) < 4.78 is 1.18. The molecule has 0 amide bonds. The number of nitrogens with one attached hydrogen (secondary N) is 1. The SMILES string of the molecule is CCN1CCC(CNC2CC(c3ccc(Br)cc3)C2)CC1. The molecule has 0 spiro atoms. The van der Waals surface area contributed by atoms with Crippen LogP contribution in [0, 0.1) is 5.92 Å². The monoisotopic (exact) mass is 350 g/mol. The highest BCUT2D eigenvalue weighted by molar-refractivity contribution is 9.10. The van der Waals surface area contributed by atoms with Crippen LogP contribution in [-0.2, 0) is 0 Å². The predicted molar refractivity (Wildman–Crippen MR) is 92.7 cm³/mol. The Balaban J connectivity index is 1.35. The average molecular weight is 351 g/mol. The van der Waals surface area contributed by atoms with Crippen molar-refractivity contribution in [2.75, 3.05) is 26.2 Å². The van der Waals surface area contributed by atoms with Crippen molar-refractivity contribution in [3.63, 3.8) is 0 Å². The average Bonchev–Trinajstić information content (AvgIpc) is 2.48. The minimum atomic E-state index is 0.753. The molecule has 1 heterocycles. The molecule has 2 nitrogen and oxygen atoms in total. The zero-order chi connectivity index (χ0) is 14.7. The number of hydrogen-bond donors (Lipinski definition) is 1. The standard InChI is InChI=1S/C18H27BrN2/c1-2-21-9-7-14(8-10-21)13-20-18-11-16(12-18)15-3-5-17(19)6-4-15/h3-6,14,16,18,20H,2,7-13H2,1H3. The normalized spacial score (nSPS) is 27.5. The van der Waals surface area contributed by atoms with Gasteiger partial charge in [0.25, 0.3) is 0 Å². The molecule has 0 radical (unpaired) electrons. The molecule has 1 saturated heterocycles. The van der Waals surface area contributed by atoms with Gasteiger partial charge in [0.2, 0.25) is 0 Å². The van der Waals surface area contributed by atoms with E-state index in [4.69, 9.17) is 0 Å². The van der Waals surface area contributed by atoms with Crippen LogP contribution >= 0.6 is 15.9 Å². The lowest BCUT2D eigenvalue weighted by molar-refractivity contribution is 0.179. The van der Waals surface area contributed by atoms with Crippen molar-refractivity contribution in [1.29, 1.82) is 0 Å². The molecule has 0 aromatic heterocycles. The first-order chi connectivity index (χ1) is 10.2. The highest BCUT2D eigenvalue weighted by Crippen LogP contribution is 2.37.